The van der Waals surface area contributed by atoms with E-state index in [4.69, 9.17) is 32.7 Å². The largest absolute Gasteiger partial charge is 0.348 e. The zero-order chi connectivity index (χ0) is 15.5. The number of hydrogen-bond acceptors (Lipinski definition) is 3. The van der Waals surface area contributed by atoms with E-state index in [9.17, 15) is 4.79 Å². The summed E-state index contributed by atoms with van der Waals surface area (Å²) in [7, 11) is 0. The number of ether oxygens (including phenoxy) is 2. The Morgan fingerprint density at radius 2 is 2.14 bits per heavy atom. The predicted octanol–water partition coefficient (Wildman–Crippen LogP) is 2.94. The topological polar surface area (TPSA) is 59.6 Å². The van der Waals surface area contributed by atoms with Crippen molar-refractivity contribution in [3.05, 3.63) is 33.8 Å². The van der Waals surface area contributed by atoms with Crippen molar-refractivity contribution in [3.8, 4) is 0 Å². The van der Waals surface area contributed by atoms with Gasteiger partial charge in [0.25, 0.3) is 0 Å². The molecule has 7 heteroatoms. The molecule has 116 valence electrons. The highest BCUT2D eigenvalue weighted by atomic mass is 35.5. The fraction of sp³-hybridized carbons (Fsp3) is 0.500. The molecule has 1 atom stereocenters. The van der Waals surface area contributed by atoms with Gasteiger partial charge in [-0.05, 0) is 31.5 Å². The number of benzene rings is 1. The molecule has 0 aromatic heterocycles. The summed E-state index contributed by atoms with van der Waals surface area (Å²) in [5, 5.41) is 6.56. The van der Waals surface area contributed by atoms with Gasteiger partial charge in [-0.25, -0.2) is 4.79 Å². The third kappa shape index (κ3) is 5.04. The van der Waals surface area contributed by atoms with Crippen LogP contribution in [0, 0.1) is 0 Å². The van der Waals surface area contributed by atoms with Crippen molar-refractivity contribution < 1.29 is 14.3 Å². The molecule has 0 spiro atoms. The summed E-state index contributed by atoms with van der Waals surface area (Å²) in [4.78, 5) is 11.7. The Hall–Kier alpha value is -1.01. The van der Waals surface area contributed by atoms with E-state index in [0.717, 1.165) is 5.56 Å². The molecule has 1 saturated heterocycles. The van der Waals surface area contributed by atoms with E-state index >= 15 is 0 Å². The molecule has 2 N–H and O–H groups in total. The minimum Gasteiger partial charge on any atom is -0.348 e. The summed E-state index contributed by atoms with van der Waals surface area (Å²) < 4.78 is 11.0. The molecular formula is C14H18Cl2N2O3. The molecular weight excluding hydrogens is 315 g/mol. The number of carbonyl (C=O) groups excluding carboxylic acids is 1. The van der Waals surface area contributed by atoms with Crippen molar-refractivity contribution in [2.45, 2.75) is 32.3 Å². The van der Waals surface area contributed by atoms with Gasteiger partial charge in [-0.15, -0.1) is 0 Å². The molecule has 1 aliphatic heterocycles. The second kappa shape index (κ2) is 6.83. The van der Waals surface area contributed by atoms with Crippen LogP contribution >= 0.6 is 23.2 Å². The third-order valence-electron chi connectivity index (χ3n) is 3.01. The molecule has 0 radical (unpaired) electrons. The Labute approximate surface area is 133 Å². The number of carbonyl (C=O) groups is 1. The number of hydrogen-bond donors (Lipinski definition) is 2. The third-order valence-corrected chi connectivity index (χ3v) is 3.60. The van der Waals surface area contributed by atoms with Gasteiger partial charge in [0.1, 0.15) is 6.10 Å². The summed E-state index contributed by atoms with van der Waals surface area (Å²) in [6.07, 6.45) is -0.134. The van der Waals surface area contributed by atoms with Crippen LogP contribution in [-0.4, -0.2) is 31.1 Å². The summed E-state index contributed by atoms with van der Waals surface area (Å²) >= 11 is 11.8. The fourth-order valence-corrected chi connectivity index (χ4v) is 2.45. The van der Waals surface area contributed by atoms with E-state index in [1.165, 1.54) is 0 Å². The van der Waals surface area contributed by atoms with E-state index in [1.807, 2.05) is 13.8 Å². The van der Waals surface area contributed by atoms with Crippen LogP contribution in [0.3, 0.4) is 0 Å². The minimum atomic E-state index is -0.584. The molecule has 1 unspecified atom stereocenters. The SMILES string of the molecule is CC1(C)OCC(CNC(=O)NCc2ccc(Cl)cc2Cl)O1. The van der Waals surface area contributed by atoms with Gasteiger partial charge >= 0.3 is 6.03 Å². The number of nitrogens with one attached hydrogen (secondary N) is 2. The first kappa shape index (κ1) is 16.4. The second-order valence-electron chi connectivity index (χ2n) is 5.25. The van der Waals surface area contributed by atoms with Gasteiger partial charge in [0.05, 0.1) is 6.61 Å². The summed E-state index contributed by atoms with van der Waals surface area (Å²) in [6, 6.07) is 4.87. The van der Waals surface area contributed by atoms with Gasteiger partial charge in [0.2, 0.25) is 0 Å². The highest BCUT2D eigenvalue weighted by Gasteiger charge is 2.32. The van der Waals surface area contributed by atoms with Gasteiger partial charge in [0.15, 0.2) is 5.79 Å². The molecule has 0 saturated carbocycles. The maximum atomic E-state index is 11.7. The van der Waals surface area contributed by atoms with Crippen LogP contribution in [0.2, 0.25) is 10.0 Å². The average molecular weight is 333 g/mol. The van der Waals surface area contributed by atoms with Crippen molar-refractivity contribution in [2.24, 2.45) is 0 Å². The highest BCUT2D eigenvalue weighted by molar-refractivity contribution is 6.35. The lowest BCUT2D eigenvalue weighted by molar-refractivity contribution is -0.137. The molecule has 0 aliphatic carbocycles. The number of halogens is 2. The summed E-state index contributed by atoms with van der Waals surface area (Å²) in [5.74, 6) is -0.584. The van der Waals surface area contributed by atoms with Crippen LogP contribution in [0.1, 0.15) is 19.4 Å². The molecule has 1 fully saturated rings. The smallest absolute Gasteiger partial charge is 0.315 e. The van der Waals surface area contributed by atoms with Gasteiger partial charge in [0, 0.05) is 23.1 Å². The van der Waals surface area contributed by atoms with Crippen molar-refractivity contribution in [3.63, 3.8) is 0 Å². The number of amides is 2. The van der Waals surface area contributed by atoms with Crippen molar-refractivity contribution in [2.75, 3.05) is 13.2 Å². The van der Waals surface area contributed by atoms with Crippen LogP contribution in [-0.2, 0) is 16.0 Å². The Morgan fingerprint density at radius 1 is 1.38 bits per heavy atom. The first-order valence-electron chi connectivity index (χ1n) is 6.63. The lowest BCUT2D eigenvalue weighted by Crippen LogP contribution is -2.40. The molecule has 5 nitrogen and oxygen atoms in total. The fourth-order valence-electron chi connectivity index (χ4n) is 1.97. The predicted molar refractivity (Wildman–Crippen MR) is 81.6 cm³/mol. The number of rotatable bonds is 4. The Kier molecular flexibility index (Phi) is 5.32. The van der Waals surface area contributed by atoms with E-state index in [-0.39, 0.29) is 12.1 Å². The lowest BCUT2D eigenvalue weighted by Gasteiger charge is -2.17. The van der Waals surface area contributed by atoms with Crippen molar-refractivity contribution in [1.82, 2.24) is 10.6 Å². The van der Waals surface area contributed by atoms with Gasteiger partial charge in [-0.2, -0.15) is 0 Å². The van der Waals surface area contributed by atoms with Crippen LogP contribution in [0.15, 0.2) is 18.2 Å². The Balaban J connectivity index is 1.73. The van der Waals surface area contributed by atoms with Gasteiger partial charge in [-0.3, -0.25) is 0 Å². The molecule has 21 heavy (non-hydrogen) atoms. The quantitative estimate of drug-likeness (QED) is 0.891. The van der Waals surface area contributed by atoms with E-state index in [1.54, 1.807) is 18.2 Å². The standard InChI is InChI=1S/C14H18Cl2N2O3/c1-14(2)20-8-11(21-14)7-18-13(19)17-6-9-3-4-10(15)5-12(9)16/h3-5,11H,6-8H2,1-2H3,(H2,17,18,19). The molecule has 2 amide bonds. The van der Waals surface area contributed by atoms with E-state index < -0.39 is 5.79 Å². The maximum absolute atomic E-state index is 11.7. The zero-order valence-electron chi connectivity index (χ0n) is 11.9. The van der Waals surface area contributed by atoms with Crippen molar-refractivity contribution >= 4 is 29.2 Å². The van der Waals surface area contributed by atoms with E-state index in [2.05, 4.69) is 10.6 Å². The molecule has 0 bridgehead atoms. The summed E-state index contributed by atoms with van der Waals surface area (Å²) in [6.45, 7) is 4.88. The van der Waals surface area contributed by atoms with Crippen molar-refractivity contribution in [1.29, 1.82) is 0 Å². The Morgan fingerprint density at radius 3 is 2.76 bits per heavy atom. The first-order valence-corrected chi connectivity index (χ1v) is 7.39. The minimum absolute atomic E-state index is 0.134. The van der Waals surface area contributed by atoms with Gasteiger partial charge in [-0.1, -0.05) is 29.3 Å². The van der Waals surface area contributed by atoms with Gasteiger partial charge < -0.3 is 20.1 Å². The zero-order valence-corrected chi connectivity index (χ0v) is 13.4. The van der Waals surface area contributed by atoms with E-state index in [0.29, 0.717) is 29.7 Å². The second-order valence-corrected chi connectivity index (χ2v) is 6.09. The molecule has 2 rings (SSSR count). The molecule has 1 heterocycles. The van der Waals surface area contributed by atoms with Crippen LogP contribution in [0.25, 0.3) is 0 Å². The lowest BCUT2D eigenvalue weighted by atomic mass is 10.2. The van der Waals surface area contributed by atoms with Crippen LogP contribution in [0.5, 0.6) is 0 Å². The molecule has 1 aliphatic rings. The Bertz CT molecular complexity index is 523. The molecule has 1 aromatic rings. The average Bonchev–Trinajstić information content (AvgIpc) is 2.75. The number of urea groups is 1. The van der Waals surface area contributed by atoms with Crippen LogP contribution < -0.4 is 10.6 Å². The first-order chi connectivity index (χ1) is 9.85. The normalized spacial score (nSPS) is 20.3. The monoisotopic (exact) mass is 332 g/mol. The maximum Gasteiger partial charge on any atom is 0.315 e. The van der Waals surface area contributed by atoms with Crippen LogP contribution in [0.4, 0.5) is 4.79 Å². The summed E-state index contributed by atoms with van der Waals surface area (Å²) in [5.41, 5.74) is 0.804. The highest BCUT2D eigenvalue weighted by Crippen LogP contribution is 2.22. The molecule has 1 aromatic carbocycles.